The molecule has 0 radical (unpaired) electrons. The Labute approximate surface area is 126 Å². The summed E-state index contributed by atoms with van der Waals surface area (Å²) in [5.74, 6) is 0.626. The van der Waals surface area contributed by atoms with Gasteiger partial charge < -0.3 is 24.9 Å². The van der Waals surface area contributed by atoms with Gasteiger partial charge in [0.2, 0.25) is 0 Å². The maximum atomic E-state index is 12.4. The molecule has 3 N–H and O–H groups in total. The zero-order chi connectivity index (χ0) is 15.3. The van der Waals surface area contributed by atoms with Crippen LogP contribution < -0.4 is 5.32 Å². The van der Waals surface area contributed by atoms with Crippen molar-refractivity contribution in [3.8, 4) is 0 Å². The third kappa shape index (κ3) is 2.18. The SMILES string of the molecule is Cc1nc2ccc(C(=O)N[C@H]3CO[C@H]4[C@@H]3OC[C@H]4O)cc2[nH]1. The van der Waals surface area contributed by atoms with E-state index < -0.39 is 6.10 Å². The highest BCUT2D eigenvalue weighted by Gasteiger charge is 2.47. The third-order valence-electron chi connectivity index (χ3n) is 4.21. The Morgan fingerprint density at radius 2 is 2.18 bits per heavy atom. The second-order valence-corrected chi connectivity index (χ2v) is 5.80. The topological polar surface area (TPSA) is 96.5 Å². The number of H-pyrrole nitrogens is 1. The number of ether oxygens (including phenoxy) is 2. The molecule has 4 rings (SSSR count). The van der Waals surface area contributed by atoms with E-state index in [0.29, 0.717) is 12.2 Å². The second-order valence-electron chi connectivity index (χ2n) is 5.80. The lowest BCUT2D eigenvalue weighted by atomic mass is 10.1. The van der Waals surface area contributed by atoms with Gasteiger partial charge in [-0.1, -0.05) is 0 Å². The number of benzene rings is 1. The third-order valence-corrected chi connectivity index (χ3v) is 4.21. The van der Waals surface area contributed by atoms with Gasteiger partial charge in [0.25, 0.3) is 5.91 Å². The molecule has 0 aliphatic carbocycles. The van der Waals surface area contributed by atoms with Gasteiger partial charge in [-0.05, 0) is 25.1 Å². The van der Waals surface area contributed by atoms with Gasteiger partial charge >= 0.3 is 0 Å². The molecule has 0 bridgehead atoms. The van der Waals surface area contributed by atoms with E-state index >= 15 is 0 Å². The van der Waals surface area contributed by atoms with Crippen molar-refractivity contribution in [2.75, 3.05) is 13.2 Å². The minimum Gasteiger partial charge on any atom is -0.388 e. The number of carbonyl (C=O) groups is 1. The zero-order valence-electron chi connectivity index (χ0n) is 12.1. The van der Waals surface area contributed by atoms with Crippen molar-refractivity contribution in [3.05, 3.63) is 29.6 Å². The van der Waals surface area contributed by atoms with E-state index in [2.05, 4.69) is 15.3 Å². The Kier molecular flexibility index (Phi) is 3.14. The summed E-state index contributed by atoms with van der Waals surface area (Å²) in [5.41, 5.74) is 2.22. The quantitative estimate of drug-likeness (QED) is 0.733. The fraction of sp³-hybridized carbons (Fsp3) is 0.467. The van der Waals surface area contributed by atoms with Crippen molar-refractivity contribution < 1.29 is 19.4 Å². The van der Waals surface area contributed by atoms with Gasteiger partial charge in [0.05, 0.1) is 30.3 Å². The van der Waals surface area contributed by atoms with Crippen LogP contribution >= 0.6 is 0 Å². The molecule has 22 heavy (non-hydrogen) atoms. The number of aliphatic hydroxyl groups is 1. The van der Waals surface area contributed by atoms with Crippen LogP contribution in [0.2, 0.25) is 0 Å². The van der Waals surface area contributed by atoms with Crippen LogP contribution in [0, 0.1) is 6.92 Å². The fourth-order valence-corrected chi connectivity index (χ4v) is 3.13. The summed E-state index contributed by atoms with van der Waals surface area (Å²) in [6.45, 7) is 2.48. The second kappa shape index (κ2) is 5.05. The van der Waals surface area contributed by atoms with Crippen LogP contribution in [-0.4, -0.2) is 58.5 Å². The summed E-state index contributed by atoms with van der Waals surface area (Å²) in [7, 11) is 0. The maximum Gasteiger partial charge on any atom is 0.251 e. The van der Waals surface area contributed by atoms with E-state index in [-0.39, 0.29) is 30.8 Å². The van der Waals surface area contributed by atoms with Crippen LogP contribution in [0.4, 0.5) is 0 Å². The zero-order valence-corrected chi connectivity index (χ0v) is 12.1. The van der Waals surface area contributed by atoms with Crippen LogP contribution in [0.15, 0.2) is 18.2 Å². The molecule has 0 spiro atoms. The van der Waals surface area contributed by atoms with Crippen LogP contribution in [0.1, 0.15) is 16.2 Å². The minimum absolute atomic E-state index is 0.187. The molecule has 7 heteroatoms. The minimum atomic E-state index is -0.615. The fourth-order valence-electron chi connectivity index (χ4n) is 3.13. The van der Waals surface area contributed by atoms with E-state index in [9.17, 15) is 9.90 Å². The van der Waals surface area contributed by atoms with Crippen molar-refractivity contribution in [1.82, 2.24) is 15.3 Å². The molecule has 0 unspecified atom stereocenters. The number of aromatic nitrogens is 2. The highest BCUT2D eigenvalue weighted by molar-refractivity contribution is 5.97. The summed E-state index contributed by atoms with van der Waals surface area (Å²) >= 11 is 0. The molecule has 7 nitrogen and oxygen atoms in total. The van der Waals surface area contributed by atoms with Crippen molar-refractivity contribution >= 4 is 16.9 Å². The van der Waals surface area contributed by atoms with E-state index in [4.69, 9.17) is 9.47 Å². The lowest BCUT2D eigenvalue weighted by Crippen LogP contribution is -2.44. The standard InChI is InChI=1S/C15H17N3O4/c1-7-16-9-3-2-8(4-10(9)17-7)15(20)18-11-5-21-14-12(19)6-22-13(11)14/h2-4,11-14,19H,5-6H2,1H3,(H,16,17)(H,18,20)/t11-,12+,13+,14+/m0/s1. The molecule has 2 aliphatic rings. The van der Waals surface area contributed by atoms with E-state index in [1.807, 2.05) is 13.0 Å². The Hall–Kier alpha value is -1.96. The van der Waals surface area contributed by atoms with Gasteiger partial charge in [-0.3, -0.25) is 4.79 Å². The molecular formula is C15H17N3O4. The first kappa shape index (κ1) is 13.7. The maximum absolute atomic E-state index is 12.4. The Balaban J connectivity index is 1.51. The van der Waals surface area contributed by atoms with Crippen LogP contribution in [0.5, 0.6) is 0 Å². The van der Waals surface area contributed by atoms with Gasteiger partial charge in [0.1, 0.15) is 24.1 Å². The first-order valence-electron chi connectivity index (χ1n) is 7.30. The smallest absolute Gasteiger partial charge is 0.251 e. The molecule has 1 aromatic heterocycles. The Bertz CT molecular complexity index is 729. The molecule has 3 heterocycles. The number of nitrogens with one attached hydrogen (secondary N) is 2. The Morgan fingerprint density at radius 3 is 3.05 bits per heavy atom. The van der Waals surface area contributed by atoms with Crippen LogP contribution in [0.25, 0.3) is 11.0 Å². The molecule has 4 atom stereocenters. The number of imidazole rings is 1. The highest BCUT2D eigenvalue weighted by Crippen LogP contribution is 2.27. The van der Waals surface area contributed by atoms with Crippen molar-refractivity contribution in [2.45, 2.75) is 31.3 Å². The van der Waals surface area contributed by atoms with E-state index in [1.54, 1.807) is 12.1 Å². The number of rotatable bonds is 2. The van der Waals surface area contributed by atoms with Crippen molar-refractivity contribution in [1.29, 1.82) is 0 Å². The summed E-state index contributed by atoms with van der Waals surface area (Å²) < 4.78 is 11.0. The van der Waals surface area contributed by atoms with E-state index in [1.165, 1.54) is 0 Å². The number of carbonyl (C=O) groups excluding carboxylic acids is 1. The number of hydrogen-bond donors (Lipinski definition) is 3. The number of aliphatic hydroxyl groups excluding tert-OH is 1. The average Bonchev–Trinajstić information content (AvgIpc) is 3.15. The molecule has 0 saturated carbocycles. The lowest BCUT2D eigenvalue weighted by Gasteiger charge is -2.17. The number of fused-ring (bicyclic) bond motifs is 2. The molecule has 2 aliphatic heterocycles. The van der Waals surface area contributed by atoms with Gasteiger partial charge in [-0.25, -0.2) is 4.98 Å². The molecule has 1 amide bonds. The first-order valence-corrected chi connectivity index (χ1v) is 7.30. The van der Waals surface area contributed by atoms with Gasteiger partial charge in [0, 0.05) is 5.56 Å². The molecule has 116 valence electrons. The number of hydrogen-bond acceptors (Lipinski definition) is 5. The number of aryl methyl sites for hydroxylation is 1. The Morgan fingerprint density at radius 1 is 1.36 bits per heavy atom. The summed E-state index contributed by atoms with van der Waals surface area (Å²) in [6.07, 6.45) is -1.24. The molecule has 2 saturated heterocycles. The molecule has 1 aromatic carbocycles. The van der Waals surface area contributed by atoms with E-state index in [0.717, 1.165) is 16.9 Å². The predicted octanol–water partition coefficient (Wildman–Crippen LogP) is 0.128. The van der Waals surface area contributed by atoms with Gasteiger partial charge in [-0.2, -0.15) is 0 Å². The number of aromatic amines is 1. The number of amides is 1. The van der Waals surface area contributed by atoms with Crippen LogP contribution in [0.3, 0.4) is 0 Å². The van der Waals surface area contributed by atoms with Gasteiger partial charge in [-0.15, -0.1) is 0 Å². The largest absolute Gasteiger partial charge is 0.388 e. The monoisotopic (exact) mass is 303 g/mol. The van der Waals surface area contributed by atoms with Crippen molar-refractivity contribution in [2.24, 2.45) is 0 Å². The molecule has 2 aromatic rings. The normalized spacial score (nSPS) is 30.6. The number of nitrogens with zero attached hydrogens (tertiary/aromatic N) is 1. The predicted molar refractivity (Wildman–Crippen MR) is 77.6 cm³/mol. The first-order chi connectivity index (χ1) is 10.6. The summed E-state index contributed by atoms with van der Waals surface area (Å²) in [4.78, 5) is 19.8. The molecular weight excluding hydrogens is 286 g/mol. The summed E-state index contributed by atoms with van der Waals surface area (Å²) in [6, 6.07) is 5.10. The van der Waals surface area contributed by atoms with Crippen LogP contribution in [-0.2, 0) is 9.47 Å². The van der Waals surface area contributed by atoms with Gasteiger partial charge in [0.15, 0.2) is 0 Å². The molecule has 2 fully saturated rings. The average molecular weight is 303 g/mol. The lowest BCUT2D eigenvalue weighted by molar-refractivity contribution is 0.0178. The summed E-state index contributed by atoms with van der Waals surface area (Å²) in [5, 5.41) is 12.6. The van der Waals surface area contributed by atoms with Crippen molar-refractivity contribution in [3.63, 3.8) is 0 Å². The highest BCUT2D eigenvalue weighted by atomic mass is 16.6.